The lowest BCUT2D eigenvalue weighted by molar-refractivity contribution is 0.0989. The maximum atomic E-state index is 17.2. The molecule has 11 nitrogen and oxygen atoms in total. The fourth-order valence-electron chi connectivity index (χ4n) is 8.33. The molecule has 5 fully saturated rings. The molecule has 256 valence electrons. The molecule has 1 aromatic carbocycles. The number of hydrogen-bond acceptors (Lipinski definition) is 11. The summed E-state index contributed by atoms with van der Waals surface area (Å²) < 4.78 is 112. The monoisotopic (exact) mass is 710 g/mol. The van der Waals surface area contributed by atoms with E-state index in [2.05, 4.69) is 20.3 Å². The molecule has 4 saturated heterocycles. The molecule has 2 aromatic heterocycles. The van der Waals surface area contributed by atoms with Crippen molar-refractivity contribution in [3.05, 3.63) is 29.2 Å². The second kappa shape index (κ2) is 10.3. The van der Waals surface area contributed by atoms with Crippen molar-refractivity contribution in [3.8, 4) is 6.01 Å². The number of nitrogens with two attached hydrogens (primary N) is 1. The Morgan fingerprint density at radius 3 is 2.56 bits per heavy atom. The van der Waals surface area contributed by atoms with Crippen LogP contribution in [-0.2, 0) is 10.0 Å². The SMILES string of the molecule is Nc1nc2c(C3=C(F)c4nc(OC[C@@]56CCCN5C[C@H](F)C6)nc(N5CC6CCC(C5)N6)c4S(=O)(=O)N3C3CC3(F)F)ccc(F)c2s1. The molecule has 3 N–H and O–H groups in total. The largest absolute Gasteiger partial charge is 0.461 e. The first-order chi connectivity index (χ1) is 22.8. The molecule has 5 atom stereocenters. The second-order valence-corrected chi connectivity index (χ2v) is 16.5. The van der Waals surface area contributed by atoms with Gasteiger partial charge in [-0.3, -0.25) is 9.21 Å². The number of halogens is 5. The van der Waals surface area contributed by atoms with E-state index in [-0.39, 0.29) is 64.4 Å². The Hall–Kier alpha value is -3.35. The average Bonchev–Trinajstić information content (AvgIpc) is 3.47. The molecule has 0 radical (unpaired) electrons. The van der Waals surface area contributed by atoms with Crippen LogP contribution < -0.4 is 20.7 Å². The van der Waals surface area contributed by atoms with E-state index < -0.39 is 68.0 Å². The van der Waals surface area contributed by atoms with Gasteiger partial charge in [-0.25, -0.2) is 35.4 Å². The molecule has 3 unspecified atom stereocenters. The van der Waals surface area contributed by atoms with E-state index in [1.807, 2.05) is 4.90 Å². The number of ether oxygens (including phenoxy) is 1. The van der Waals surface area contributed by atoms with Gasteiger partial charge >= 0.3 is 6.01 Å². The van der Waals surface area contributed by atoms with Crippen molar-refractivity contribution in [2.75, 3.05) is 43.4 Å². The lowest BCUT2D eigenvalue weighted by atomic mass is 9.95. The molecule has 7 heterocycles. The molecule has 18 heteroatoms. The van der Waals surface area contributed by atoms with Crippen molar-refractivity contribution in [2.24, 2.45) is 0 Å². The Kier molecular flexibility index (Phi) is 6.61. The normalized spacial score (nSPS) is 31.9. The van der Waals surface area contributed by atoms with Gasteiger partial charge in [0.25, 0.3) is 15.9 Å². The number of piperazine rings is 1. The number of benzene rings is 1. The molecule has 1 aliphatic carbocycles. The van der Waals surface area contributed by atoms with Crippen LogP contribution in [0.25, 0.3) is 21.7 Å². The van der Waals surface area contributed by atoms with E-state index in [4.69, 9.17) is 10.5 Å². The van der Waals surface area contributed by atoms with Crippen LogP contribution in [0.2, 0.25) is 0 Å². The van der Waals surface area contributed by atoms with Gasteiger partial charge in [0.15, 0.2) is 21.7 Å². The van der Waals surface area contributed by atoms with Crippen LogP contribution in [0, 0.1) is 5.82 Å². The number of hydrogen-bond donors (Lipinski definition) is 2. The first-order valence-corrected chi connectivity index (χ1v) is 18.2. The molecule has 2 bridgehead atoms. The highest BCUT2D eigenvalue weighted by molar-refractivity contribution is 7.89. The average molecular weight is 711 g/mol. The number of fused-ring (bicyclic) bond motifs is 5. The van der Waals surface area contributed by atoms with Crippen molar-refractivity contribution < 1.29 is 35.1 Å². The van der Waals surface area contributed by atoms with Gasteiger partial charge < -0.3 is 20.7 Å². The number of anilines is 2. The summed E-state index contributed by atoms with van der Waals surface area (Å²) in [6.07, 6.45) is 1.58. The fraction of sp³-hybridized carbons (Fsp3) is 0.567. The Morgan fingerprint density at radius 1 is 1.08 bits per heavy atom. The molecular weight excluding hydrogens is 680 g/mol. The number of thiazole rings is 1. The van der Waals surface area contributed by atoms with E-state index in [9.17, 15) is 26.0 Å². The van der Waals surface area contributed by atoms with E-state index in [0.29, 0.717) is 30.4 Å². The molecular formula is C30H31F5N8O3S2. The van der Waals surface area contributed by atoms with Crippen molar-refractivity contribution >= 4 is 54.1 Å². The topological polar surface area (TPSA) is 130 Å². The summed E-state index contributed by atoms with van der Waals surface area (Å²) in [5.41, 5.74) is 3.49. The molecule has 5 aliphatic heterocycles. The molecule has 48 heavy (non-hydrogen) atoms. The van der Waals surface area contributed by atoms with E-state index >= 15 is 4.39 Å². The summed E-state index contributed by atoms with van der Waals surface area (Å²) in [6, 6.07) is -0.0934. The van der Waals surface area contributed by atoms with Crippen LogP contribution in [-0.4, -0.2) is 101 Å². The number of nitrogens with zero attached hydrogens (tertiary/aromatic N) is 6. The molecule has 0 spiro atoms. The third-order valence-corrected chi connectivity index (χ3v) is 13.3. The van der Waals surface area contributed by atoms with Crippen LogP contribution in [0.3, 0.4) is 0 Å². The minimum atomic E-state index is -4.95. The first-order valence-electron chi connectivity index (χ1n) is 16.0. The van der Waals surface area contributed by atoms with Gasteiger partial charge in [-0.05, 0) is 44.4 Å². The number of rotatable bonds is 6. The van der Waals surface area contributed by atoms with Crippen LogP contribution in [0.15, 0.2) is 17.0 Å². The summed E-state index contributed by atoms with van der Waals surface area (Å²) in [7, 11) is -4.95. The number of sulfonamides is 1. The van der Waals surface area contributed by atoms with Gasteiger partial charge in [0, 0.05) is 50.1 Å². The number of alkyl halides is 3. The quantitative estimate of drug-likeness (QED) is 0.364. The first kappa shape index (κ1) is 30.7. The Bertz CT molecular complexity index is 2000. The van der Waals surface area contributed by atoms with Crippen molar-refractivity contribution in [2.45, 2.75) is 79.2 Å². The number of nitrogen functional groups attached to an aromatic ring is 1. The third-order valence-electron chi connectivity index (χ3n) is 10.6. The smallest absolute Gasteiger partial charge is 0.319 e. The highest BCUT2D eigenvalue weighted by Crippen LogP contribution is 2.56. The van der Waals surface area contributed by atoms with Gasteiger partial charge in [-0.2, -0.15) is 9.97 Å². The van der Waals surface area contributed by atoms with Crippen LogP contribution >= 0.6 is 11.3 Å². The maximum absolute atomic E-state index is 17.2. The highest BCUT2D eigenvalue weighted by Gasteiger charge is 2.65. The summed E-state index contributed by atoms with van der Waals surface area (Å²) in [5.74, 6) is -5.55. The number of nitrogens with one attached hydrogen (secondary N) is 1. The summed E-state index contributed by atoms with van der Waals surface area (Å²) in [4.78, 5) is 16.0. The van der Waals surface area contributed by atoms with Crippen LogP contribution in [0.5, 0.6) is 6.01 Å². The zero-order valence-electron chi connectivity index (χ0n) is 25.4. The van der Waals surface area contributed by atoms with Gasteiger partial charge in [-0.15, -0.1) is 0 Å². The highest BCUT2D eigenvalue weighted by atomic mass is 32.2. The lowest BCUT2D eigenvalue weighted by Gasteiger charge is -2.38. The summed E-state index contributed by atoms with van der Waals surface area (Å²) in [5, 5.41) is 3.39. The molecule has 0 amide bonds. The van der Waals surface area contributed by atoms with E-state index in [1.54, 1.807) is 4.90 Å². The maximum Gasteiger partial charge on any atom is 0.319 e. The predicted molar refractivity (Wildman–Crippen MR) is 167 cm³/mol. The van der Waals surface area contributed by atoms with Crippen molar-refractivity contribution in [3.63, 3.8) is 0 Å². The fourth-order valence-corrected chi connectivity index (χ4v) is 11.1. The van der Waals surface area contributed by atoms with Gasteiger partial charge in [-0.1, -0.05) is 11.3 Å². The zero-order chi connectivity index (χ0) is 33.3. The predicted octanol–water partition coefficient (Wildman–Crippen LogP) is 3.91. The zero-order valence-corrected chi connectivity index (χ0v) is 27.1. The third kappa shape index (κ3) is 4.54. The van der Waals surface area contributed by atoms with Crippen molar-refractivity contribution in [1.82, 2.24) is 29.5 Å². The summed E-state index contributed by atoms with van der Waals surface area (Å²) >= 11 is 0.766. The Morgan fingerprint density at radius 2 is 1.83 bits per heavy atom. The molecule has 1 saturated carbocycles. The molecule has 6 aliphatic rings. The van der Waals surface area contributed by atoms with Crippen LogP contribution in [0.1, 0.15) is 49.8 Å². The lowest BCUT2D eigenvalue weighted by Crippen LogP contribution is -2.52. The molecule has 9 rings (SSSR count). The van der Waals surface area contributed by atoms with E-state index in [1.165, 1.54) is 0 Å². The second-order valence-electron chi connectivity index (χ2n) is 13.7. The Labute approximate surface area is 276 Å². The van der Waals surface area contributed by atoms with Gasteiger partial charge in [0.1, 0.15) is 30.3 Å². The summed E-state index contributed by atoms with van der Waals surface area (Å²) in [6.45, 7) is 1.66. The number of aromatic nitrogens is 3. The minimum absolute atomic E-state index is 0.000495. The van der Waals surface area contributed by atoms with Gasteiger partial charge in [0.05, 0.1) is 21.5 Å². The van der Waals surface area contributed by atoms with Crippen molar-refractivity contribution in [1.29, 1.82) is 0 Å². The van der Waals surface area contributed by atoms with Crippen LogP contribution in [0.4, 0.5) is 32.9 Å². The van der Waals surface area contributed by atoms with E-state index in [0.717, 1.165) is 42.7 Å². The molecule has 3 aromatic rings. The minimum Gasteiger partial charge on any atom is -0.461 e. The Balaban J connectivity index is 1.24. The standard InChI is InChI=1S/C30H31F5N8O3S2/c31-14-8-29(6-1-7-42(29)10-14)13-46-28-39-22-20(33)23(17-4-5-18(32)24-21(17)38-27(36)47-24)43(19-9-30(19,34)35)48(44,45)25(22)26(40-28)41-11-15-2-3-16(12-41)37-15/h4-5,14-16,19,37H,1-3,6-13H2,(H2,36,38)/t14-,15?,16?,19?,29+/m1/s1. The van der Waals surface area contributed by atoms with Gasteiger partial charge in [0.2, 0.25) is 0 Å².